The molecule has 1 aliphatic heterocycles. The van der Waals surface area contributed by atoms with Gasteiger partial charge in [0.2, 0.25) is 12.5 Å². The molecular formula is C13H13NO6S. The van der Waals surface area contributed by atoms with Crippen LogP contribution in [-0.4, -0.2) is 41.4 Å². The van der Waals surface area contributed by atoms with E-state index in [1.54, 1.807) is 19.1 Å². The number of carbonyl (C=O) groups is 2. The molecule has 0 unspecified atom stereocenters. The first-order valence-electron chi connectivity index (χ1n) is 5.93. The Labute approximate surface area is 124 Å². The van der Waals surface area contributed by atoms with E-state index in [1.165, 1.54) is 17.8 Å². The Kier molecular flexibility index (Phi) is 4.69. The van der Waals surface area contributed by atoms with Gasteiger partial charge < -0.3 is 19.3 Å². The molecule has 0 fully saturated rings. The van der Waals surface area contributed by atoms with Gasteiger partial charge in [-0.15, -0.1) is 0 Å². The highest BCUT2D eigenvalue weighted by atomic mass is 32.2. The zero-order valence-electron chi connectivity index (χ0n) is 11.1. The Hall–Kier alpha value is -2.22. The van der Waals surface area contributed by atoms with Gasteiger partial charge in [0.15, 0.2) is 0 Å². The van der Waals surface area contributed by atoms with Crippen LogP contribution < -0.4 is 4.74 Å². The normalized spacial score (nSPS) is 20.5. The van der Waals surface area contributed by atoms with Crippen LogP contribution in [0.2, 0.25) is 0 Å². The zero-order valence-corrected chi connectivity index (χ0v) is 12.0. The summed E-state index contributed by atoms with van der Waals surface area (Å²) in [5, 5.41) is 10.6. The zero-order chi connectivity index (χ0) is 15.3. The molecule has 0 aromatic heterocycles. The molecule has 1 heterocycles. The molecule has 21 heavy (non-hydrogen) atoms. The van der Waals surface area contributed by atoms with E-state index >= 15 is 0 Å². The monoisotopic (exact) mass is 311 g/mol. The number of ether oxygens (including phenoxy) is 3. The Balaban J connectivity index is 2.14. The number of aromatic hydroxyl groups is 1. The Bertz CT molecular complexity index is 576. The van der Waals surface area contributed by atoms with Crippen LogP contribution in [0.4, 0.5) is 0 Å². The van der Waals surface area contributed by atoms with E-state index in [2.05, 4.69) is 9.73 Å². The average molecular weight is 311 g/mol. The van der Waals surface area contributed by atoms with Crippen molar-refractivity contribution in [1.29, 1.82) is 0 Å². The number of aliphatic imine (C=N–C) groups is 1. The predicted octanol–water partition coefficient (Wildman–Crippen LogP) is 1.28. The van der Waals surface area contributed by atoms with E-state index in [0.717, 1.165) is 0 Å². The van der Waals surface area contributed by atoms with Crippen molar-refractivity contribution >= 4 is 29.8 Å². The first-order chi connectivity index (χ1) is 10.1. The smallest absolute Gasteiger partial charge is 0.295 e. The summed E-state index contributed by atoms with van der Waals surface area (Å²) in [6.07, 6.45) is 0. The quantitative estimate of drug-likeness (QED) is 0.460. The summed E-state index contributed by atoms with van der Waals surface area (Å²) in [6, 6.07) is 4.63. The maximum Gasteiger partial charge on any atom is 0.295 e. The van der Waals surface area contributed by atoms with Gasteiger partial charge >= 0.3 is 0 Å². The van der Waals surface area contributed by atoms with E-state index in [4.69, 9.17) is 9.47 Å². The number of rotatable bonds is 7. The number of carbonyl (C=O) groups excluding carboxylic acids is 2. The molecule has 1 aromatic carbocycles. The van der Waals surface area contributed by atoms with Crippen LogP contribution in [0.5, 0.6) is 11.5 Å². The maximum atomic E-state index is 10.4. The summed E-state index contributed by atoms with van der Waals surface area (Å²) in [6.45, 7) is 2.08. The molecule has 0 aliphatic carbocycles. The molecule has 1 N–H and O–H groups in total. The van der Waals surface area contributed by atoms with Gasteiger partial charge in [-0.25, -0.2) is 4.99 Å². The second-order valence-electron chi connectivity index (χ2n) is 4.30. The Morgan fingerprint density at radius 1 is 1.43 bits per heavy atom. The number of hydrogen-bond donors (Lipinski definition) is 1. The number of thioether (sulfide) groups is 1. The van der Waals surface area contributed by atoms with Crippen molar-refractivity contribution in [3.63, 3.8) is 0 Å². The lowest BCUT2D eigenvalue weighted by molar-refractivity contribution is -0.139. The van der Waals surface area contributed by atoms with Crippen molar-refractivity contribution in [2.24, 2.45) is 4.99 Å². The summed E-state index contributed by atoms with van der Waals surface area (Å²) in [7, 11) is 0. The molecule has 7 nitrogen and oxygen atoms in total. The van der Waals surface area contributed by atoms with Crippen LogP contribution in [0.1, 0.15) is 12.5 Å². The summed E-state index contributed by atoms with van der Waals surface area (Å²) in [5.74, 6) is 0.806. The molecule has 1 atom stereocenters. The molecule has 0 radical (unpaired) electrons. The van der Waals surface area contributed by atoms with E-state index in [1.807, 2.05) is 0 Å². The van der Waals surface area contributed by atoms with Gasteiger partial charge in [0.1, 0.15) is 16.5 Å². The van der Waals surface area contributed by atoms with Gasteiger partial charge in [-0.2, -0.15) is 0 Å². The fourth-order valence-electron chi connectivity index (χ4n) is 1.70. The third-order valence-electron chi connectivity index (χ3n) is 2.68. The van der Waals surface area contributed by atoms with Crippen molar-refractivity contribution in [3.8, 4) is 11.5 Å². The molecule has 1 aromatic rings. The highest BCUT2D eigenvalue weighted by Crippen LogP contribution is 2.35. The summed E-state index contributed by atoms with van der Waals surface area (Å²) in [5.41, 5.74) is -0.400. The van der Waals surface area contributed by atoms with Crippen molar-refractivity contribution in [3.05, 3.63) is 23.8 Å². The van der Waals surface area contributed by atoms with Crippen LogP contribution in [0.3, 0.4) is 0 Å². The molecule has 0 spiro atoms. The van der Waals surface area contributed by atoms with Gasteiger partial charge in [-0.3, -0.25) is 9.59 Å². The van der Waals surface area contributed by atoms with Crippen LogP contribution >= 0.6 is 11.8 Å². The highest BCUT2D eigenvalue weighted by Gasteiger charge is 2.33. The molecule has 2 rings (SSSR count). The molecule has 112 valence electrons. The molecule has 8 heteroatoms. The summed E-state index contributed by atoms with van der Waals surface area (Å²) < 4.78 is 14.4. The fourth-order valence-corrected chi connectivity index (χ4v) is 2.82. The number of phenols is 1. The van der Waals surface area contributed by atoms with E-state index in [9.17, 15) is 14.7 Å². The van der Waals surface area contributed by atoms with Crippen molar-refractivity contribution < 1.29 is 28.9 Å². The lowest BCUT2D eigenvalue weighted by Gasteiger charge is -2.16. The number of hydrogen-bond acceptors (Lipinski definition) is 8. The fraction of sp³-hybridized carbons (Fsp3) is 0.308. The van der Waals surface area contributed by atoms with Crippen molar-refractivity contribution in [2.45, 2.75) is 12.6 Å². The van der Waals surface area contributed by atoms with E-state index in [-0.39, 0.29) is 19.0 Å². The minimum Gasteiger partial charge on any atom is -0.507 e. The van der Waals surface area contributed by atoms with Crippen LogP contribution in [-0.2, 0) is 19.1 Å². The lowest BCUT2D eigenvalue weighted by Crippen LogP contribution is -2.25. The van der Waals surface area contributed by atoms with Gasteiger partial charge in [0, 0.05) is 11.6 Å². The molecule has 0 amide bonds. The highest BCUT2D eigenvalue weighted by molar-refractivity contribution is 8.14. The average Bonchev–Trinajstić information content (AvgIpc) is 2.82. The first kappa shape index (κ1) is 15.2. The molecule has 0 saturated carbocycles. The van der Waals surface area contributed by atoms with E-state index < -0.39 is 5.72 Å². The Morgan fingerprint density at radius 3 is 2.90 bits per heavy atom. The molecular weight excluding hydrogens is 298 g/mol. The summed E-state index contributed by atoms with van der Waals surface area (Å²) in [4.78, 5) is 24.7. The maximum absolute atomic E-state index is 10.4. The second-order valence-corrected chi connectivity index (χ2v) is 5.26. The van der Waals surface area contributed by atoms with Crippen molar-refractivity contribution in [2.75, 3.05) is 12.5 Å². The molecule has 1 aliphatic rings. The lowest BCUT2D eigenvalue weighted by atomic mass is 10.2. The van der Waals surface area contributed by atoms with Gasteiger partial charge in [-0.1, -0.05) is 11.8 Å². The molecule has 0 bridgehead atoms. The first-order valence-corrected chi connectivity index (χ1v) is 6.92. The van der Waals surface area contributed by atoms with Crippen LogP contribution in [0.25, 0.3) is 0 Å². The number of phenolic OH excluding ortho intramolecular Hbond substituents is 1. The third kappa shape index (κ3) is 3.66. The minimum atomic E-state index is -0.916. The SMILES string of the molecule is C[C@]1(OC=O)CSC(c2ccc(OCOC=O)cc2O)=N1. The predicted molar refractivity (Wildman–Crippen MR) is 75.3 cm³/mol. The number of benzene rings is 1. The topological polar surface area (TPSA) is 94.4 Å². The second kappa shape index (κ2) is 6.49. The van der Waals surface area contributed by atoms with Gasteiger partial charge in [0.25, 0.3) is 12.9 Å². The Morgan fingerprint density at radius 2 is 2.24 bits per heavy atom. The summed E-state index contributed by atoms with van der Waals surface area (Å²) >= 11 is 1.38. The third-order valence-corrected chi connectivity index (χ3v) is 3.94. The standard InChI is InChI=1S/C13H13NO6S/c1-13(20-7-16)5-21-12(14-13)10-3-2-9(4-11(10)17)19-8-18-6-15/h2-4,6-7,17H,5,8H2,1H3/t13-/m0/s1. The number of nitrogens with zero attached hydrogens (tertiary/aromatic N) is 1. The van der Waals surface area contributed by atoms with Crippen LogP contribution in [0.15, 0.2) is 23.2 Å². The van der Waals surface area contributed by atoms with Crippen molar-refractivity contribution in [1.82, 2.24) is 0 Å². The van der Waals surface area contributed by atoms with Gasteiger partial charge in [0.05, 0.1) is 5.75 Å². The minimum absolute atomic E-state index is 0.0276. The van der Waals surface area contributed by atoms with Crippen LogP contribution in [0, 0.1) is 0 Å². The largest absolute Gasteiger partial charge is 0.507 e. The van der Waals surface area contributed by atoms with E-state index in [0.29, 0.717) is 28.6 Å². The molecule has 0 saturated heterocycles. The van der Waals surface area contributed by atoms with Gasteiger partial charge in [-0.05, 0) is 19.1 Å².